The van der Waals surface area contributed by atoms with Crippen molar-refractivity contribution in [3.63, 3.8) is 0 Å². The number of piperidine rings is 1. The number of carbonyl (C=O) groups is 1. The van der Waals surface area contributed by atoms with Crippen LogP contribution < -0.4 is 5.32 Å². The molecule has 2 saturated heterocycles. The van der Waals surface area contributed by atoms with Gasteiger partial charge in [0.25, 0.3) is 0 Å². The van der Waals surface area contributed by atoms with E-state index in [4.69, 9.17) is 5.11 Å². The molecule has 2 aliphatic heterocycles. The van der Waals surface area contributed by atoms with E-state index >= 15 is 0 Å². The SMILES string of the molecule is O=C(O)c1ccc(NC2CCN3CCCC3C2)cn1. The summed E-state index contributed by atoms with van der Waals surface area (Å²) in [6, 6.07) is 4.57. The zero-order valence-electron chi connectivity index (χ0n) is 10.9. The highest BCUT2D eigenvalue weighted by Gasteiger charge is 2.31. The molecular formula is C14H19N3O2. The number of hydrogen-bond acceptors (Lipinski definition) is 4. The van der Waals surface area contributed by atoms with Crippen LogP contribution >= 0.6 is 0 Å². The van der Waals surface area contributed by atoms with E-state index in [1.54, 1.807) is 18.3 Å². The van der Waals surface area contributed by atoms with Crippen LogP contribution in [0.2, 0.25) is 0 Å². The first kappa shape index (κ1) is 12.4. The molecule has 19 heavy (non-hydrogen) atoms. The summed E-state index contributed by atoms with van der Waals surface area (Å²) in [5.74, 6) is -0.981. The van der Waals surface area contributed by atoms with E-state index in [1.165, 1.54) is 32.4 Å². The molecule has 102 valence electrons. The second-order valence-electron chi connectivity index (χ2n) is 5.43. The van der Waals surface area contributed by atoms with Crippen molar-refractivity contribution in [2.45, 2.75) is 37.8 Å². The van der Waals surface area contributed by atoms with Crippen molar-refractivity contribution in [2.75, 3.05) is 18.4 Å². The van der Waals surface area contributed by atoms with Crippen LogP contribution in [0.5, 0.6) is 0 Å². The molecule has 0 aromatic carbocycles. The molecule has 1 aromatic rings. The van der Waals surface area contributed by atoms with Gasteiger partial charge in [-0.05, 0) is 44.4 Å². The fourth-order valence-corrected chi connectivity index (χ4v) is 3.20. The Morgan fingerprint density at radius 2 is 2.26 bits per heavy atom. The molecule has 0 bridgehead atoms. The molecule has 0 spiro atoms. The molecule has 2 unspecified atom stereocenters. The van der Waals surface area contributed by atoms with Crippen LogP contribution in [0.25, 0.3) is 0 Å². The third kappa shape index (κ3) is 2.71. The minimum absolute atomic E-state index is 0.0937. The molecular weight excluding hydrogens is 242 g/mol. The number of carboxylic acids is 1. The highest BCUT2D eigenvalue weighted by atomic mass is 16.4. The number of hydrogen-bond donors (Lipinski definition) is 2. The first-order chi connectivity index (χ1) is 9.22. The van der Waals surface area contributed by atoms with Gasteiger partial charge < -0.3 is 15.3 Å². The predicted octanol–water partition coefficient (Wildman–Crippen LogP) is 1.82. The minimum atomic E-state index is -0.981. The number of pyridine rings is 1. The quantitative estimate of drug-likeness (QED) is 0.869. The zero-order chi connectivity index (χ0) is 13.2. The van der Waals surface area contributed by atoms with Crippen LogP contribution in [-0.2, 0) is 0 Å². The molecule has 2 N–H and O–H groups in total. The second kappa shape index (κ2) is 5.17. The first-order valence-corrected chi connectivity index (χ1v) is 6.92. The number of anilines is 1. The van der Waals surface area contributed by atoms with Crippen LogP contribution in [0.15, 0.2) is 18.3 Å². The summed E-state index contributed by atoms with van der Waals surface area (Å²) < 4.78 is 0. The summed E-state index contributed by atoms with van der Waals surface area (Å²) in [6.07, 6.45) is 6.59. The van der Waals surface area contributed by atoms with E-state index in [0.29, 0.717) is 6.04 Å². The van der Waals surface area contributed by atoms with Gasteiger partial charge in [-0.1, -0.05) is 0 Å². The third-order valence-corrected chi connectivity index (χ3v) is 4.17. The zero-order valence-corrected chi connectivity index (χ0v) is 10.9. The van der Waals surface area contributed by atoms with Crippen molar-refractivity contribution in [2.24, 2.45) is 0 Å². The number of carboxylic acid groups (broad SMARTS) is 1. The van der Waals surface area contributed by atoms with Crippen molar-refractivity contribution < 1.29 is 9.90 Å². The Balaban J connectivity index is 1.60. The molecule has 0 radical (unpaired) electrons. The monoisotopic (exact) mass is 261 g/mol. The van der Waals surface area contributed by atoms with Crippen LogP contribution in [0.4, 0.5) is 5.69 Å². The maximum absolute atomic E-state index is 10.7. The third-order valence-electron chi connectivity index (χ3n) is 4.17. The lowest BCUT2D eigenvalue weighted by atomic mass is 9.97. The van der Waals surface area contributed by atoms with Crippen molar-refractivity contribution in [1.29, 1.82) is 0 Å². The predicted molar refractivity (Wildman–Crippen MR) is 72.4 cm³/mol. The topological polar surface area (TPSA) is 65.5 Å². The van der Waals surface area contributed by atoms with E-state index in [0.717, 1.165) is 18.2 Å². The van der Waals surface area contributed by atoms with Gasteiger partial charge in [0.05, 0.1) is 11.9 Å². The number of fused-ring (bicyclic) bond motifs is 1. The Morgan fingerprint density at radius 3 is 3.00 bits per heavy atom. The number of rotatable bonds is 3. The molecule has 2 fully saturated rings. The highest BCUT2D eigenvalue weighted by Crippen LogP contribution is 2.28. The Bertz CT molecular complexity index is 460. The van der Waals surface area contributed by atoms with Gasteiger partial charge in [-0.15, -0.1) is 0 Å². The molecule has 2 aliphatic rings. The Morgan fingerprint density at radius 1 is 1.37 bits per heavy atom. The lowest BCUT2D eigenvalue weighted by molar-refractivity contribution is 0.0690. The molecule has 3 rings (SSSR count). The van der Waals surface area contributed by atoms with Crippen LogP contribution in [0.3, 0.4) is 0 Å². The average molecular weight is 261 g/mol. The van der Waals surface area contributed by atoms with Crippen LogP contribution in [-0.4, -0.2) is 46.1 Å². The lowest BCUT2D eigenvalue weighted by Crippen LogP contribution is -2.42. The number of nitrogens with zero attached hydrogens (tertiary/aromatic N) is 2. The van der Waals surface area contributed by atoms with Crippen molar-refractivity contribution >= 4 is 11.7 Å². The standard InChI is InChI=1S/C14H19N3O2/c18-14(19)13-4-3-11(9-15-13)16-10-5-7-17-6-1-2-12(17)8-10/h3-4,9-10,12,16H,1-2,5-8H2,(H,18,19). The molecule has 1 aromatic heterocycles. The summed E-state index contributed by atoms with van der Waals surface area (Å²) in [6.45, 7) is 2.43. The second-order valence-corrected chi connectivity index (χ2v) is 5.43. The van der Waals surface area contributed by atoms with Gasteiger partial charge in [0.1, 0.15) is 5.69 Å². The maximum Gasteiger partial charge on any atom is 0.354 e. The molecule has 0 saturated carbocycles. The van der Waals surface area contributed by atoms with Crippen molar-refractivity contribution in [3.8, 4) is 0 Å². The van der Waals surface area contributed by atoms with Gasteiger partial charge in [-0.25, -0.2) is 9.78 Å². The minimum Gasteiger partial charge on any atom is -0.477 e. The smallest absolute Gasteiger partial charge is 0.354 e. The summed E-state index contributed by atoms with van der Waals surface area (Å²) >= 11 is 0. The molecule has 0 amide bonds. The molecule has 3 heterocycles. The van der Waals surface area contributed by atoms with Crippen molar-refractivity contribution in [1.82, 2.24) is 9.88 Å². The average Bonchev–Trinajstić information content (AvgIpc) is 2.87. The maximum atomic E-state index is 10.7. The fraction of sp³-hybridized carbons (Fsp3) is 0.571. The Labute approximate surface area is 112 Å². The Kier molecular flexibility index (Phi) is 3.38. The van der Waals surface area contributed by atoms with Crippen LogP contribution in [0.1, 0.15) is 36.2 Å². The largest absolute Gasteiger partial charge is 0.477 e. The summed E-state index contributed by atoms with van der Waals surface area (Å²) in [7, 11) is 0. The van der Waals surface area contributed by atoms with Gasteiger partial charge in [-0.3, -0.25) is 0 Å². The summed E-state index contributed by atoms with van der Waals surface area (Å²) in [5.41, 5.74) is 1.01. The van der Waals surface area contributed by atoms with E-state index in [-0.39, 0.29) is 5.69 Å². The normalized spacial score (nSPS) is 26.9. The Hall–Kier alpha value is -1.62. The van der Waals surface area contributed by atoms with E-state index in [2.05, 4.69) is 15.2 Å². The molecule has 5 heteroatoms. The molecule has 2 atom stereocenters. The number of aromatic nitrogens is 1. The first-order valence-electron chi connectivity index (χ1n) is 6.92. The van der Waals surface area contributed by atoms with E-state index in [1.807, 2.05) is 0 Å². The van der Waals surface area contributed by atoms with Gasteiger partial charge in [0.2, 0.25) is 0 Å². The number of aromatic carboxylic acids is 1. The van der Waals surface area contributed by atoms with Crippen molar-refractivity contribution in [3.05, 3.63) is 24.0 Å². The van der Waals surface area contributed by atoms with E-state index in [9.17, 15) is 4.79 Å². The summed E-state index contributed by atoms with van der Waals surface area (Å²) in [5, 5.41) is 12.3. The lowest BCUT2D eigenvalue weighted by Gasteiger charge is -2.35. The fourth-order valence-electron chi connectivity index (χ4n) is 3.20. The van der Waals surface area contributed by atoms with Gasteiger partial charge in [0, 0.05) is 18.6 Å². The van der Waals surface area contributed by atoms with Crippen LogP contribution in [0, 0.1) is 0 Å². The van der Waals surface area contributed by atoms with E-state index < -0.39 is 5.97 Å². The highest BCUT2D eigenvalue weighted by molar-refractivity contribution is 5.85. The van der Waals surface area contributed by atoms with Gasteiger partial charge in [-0.2, -0.15) is 0 Å². The summed E-state index contributed by atoms with van der Waals surface area (Å²) in [4.78, 5) is 17.3. The molecule has 0 aliphatic carbocycles. The number of nitrogens with one attached hydrogen (secondary N) is 1. The molecule has 5 nitrogen and oxygen atoms in total. The van der Waals surface area contributed by atoms with Gasteiger partial charge in [0.15, 0.2) is 0 Å². The van der Waals surface area contributed by atoms with Gasteiger partial charge >= 0.3 is 5.97 Å².